The number of halogens is 1. The highest BCUT2D eigenvalue weighted by molar-refractivity contribution is 6.30. The number of amides is 3. The number of fused-ring (bicyclic) bond motifs is 1. The fourth-order valence-corrected chi connectivity index (χ4v) is 4.76. The number of hydrogen-bond donors (Lipinski definition) is 0. The summed E-state index contributed by atoms with van der Waals surface area (Å²) in [5.74, 6) is -2.15. The van der Waals surface area contributed by atoms with Crippen molar-refractivity contribution in [2.24, 2.45) is 11.8 Å². The number of Topliss-reactive ketones (excluding diaryl/α,β-unsaturated/α-hetero) is 1. The maximum atomic E-state index is 13.6. The van der Waals surface area contributed by atoms with Crippen molar-refractivity contribution >= 4 is 35.1 Å². The van der Waals surface area contributed by atoms with Crippen LogP contribution in [0.25, 0.3) is 0 Å². The minimum Gasteiger partial charge on any atom is -0.497 e. The predicted molar refractivity (Wildman–Crippen MR) is 122 cm³/mol. The normalized spacial score (nSPS) is 20.9. The third kappa shape index (κ3) is 4.25. The number of imide groups is 1. The van der Waals surface area contributed by atoms with Crippen LogP contribution in [0.1, 0.15) is 53.3 Å². The van der Waals surface area contributed by atoms with Gasteiger partial charge in [0.25, 0.3) is 17.7 Å². The second kappa shape index (κ2) is 9.35. The molecule has 2 fully saturated rings. The molecule has 2 aliphatic rings. The minimum absolute atomic E-state index is 0.226. The van der Waals surface area contributed by atoms with Gasteiger partial charge in [-0.2, -0.15) is 5.01 Å². The average molecular weight is 469 g/mol. The van der Waals surface area contributed by atoms with Crippen molar-refractivity contribution in [3.05, 3.63) is 64.7 Å². The highest BCUT2D eigenvalue weighted by Gasteiger charge is 2.53. The van der Waals surface area contributed by atoms with Gasteiger partial charge in [-0.1, -0.05) is 24.4 Å². The van der Waals surface area contributed by atoms with E-state index in [1.807, 2.05) is 0 Å². The third-order valence-corrected chi connectivity index (χ3v) is 6.71. The van der Waals surface area contributed by atoms with Crippen molar-refractivity contribution in [3.63, 3.8) is 0 Å². The van der Waals surface area contributed by atoms with E-state index in [2.05, 4.69) is 0 Å². The summed E-state index contributed by atoms with van der Waals surface area (Å²) in [5, 5.41) is 2.39. The number of ketones is 1. The van der Waals surface area contributed by atoms with Gasteiger partial charge < -0.3 is 4.74 Å². The maximum absolute atomic E-state index is 13.6. The molecule has 3 atom stereocenters. The Balaban J connectivity index is 1.72. The number of ether oxygens (including phenoxy) is 1. The van der Waals surface area contributed by atoms with Gasteiger partial charge in [0, 0.05) is 16.1 Å². The van der Waals surface area contributed by atoms with Crippen LogP contribution in [-0.4, -0.2) is 46.7 Å². The molecule has 8 heteroatoms. The lowest BCUT2D eigenvalue weighted by molar-refractivity contribution is -0.156. The van der Waals surface area contributed by atoms with Gasteiger partial charge >= 0.3 is 0 Å². The zero-order valence-electron chi connectivity index (χ0n) is 18.5. The van der Waals surface area contributed by atoms with Gasteiger partial charge in [-0.05, 0) is 68.3 Å². The van der Waals surface area contributed by atoms with Gasteiger partial charge in [-0.25, -0.2) is 5.01 Å². The lowest BCUT2D eigenvalue weighted by atomic mass is 9.81. The smallest absolute Gasteiger partial charge is 0.273 e. The molecule has 3 amide bonds. The van der Waals surface area contributed by atoms with Crippen LogP contribution >= 0.6 is 11.6 Å². The van der Waals surface area contributed by atoms with Gasteiger partial charge in [0.05, 0.1) is 18.9 Å². The van der Waals surface area contributed by atoms with E-state index in [1.165, 1.54) is 26.2 Å². The Hall–Kier alpha value is -3.19. The quantitative estimate of drug-likeness (QED) is 0.469. The zero-order chi connectivity index (χ0) is 23.7. The molecule has 0 spiro atoms. The number of hydrazine groups is 1. The molecule has 33 heavy (non-hydrogen) atoms. The average Bonchev–Trinajstić information content (AvgIpc) is 3.09. The number of carbonyl (C=O) groups is 4. The van der Waals surface area contributed by atoms with Crippen LogP contribution in [-0.2, 0) is 9.59 Å². The van der Waals surface area contributed by atoms with Gasteiger partial charge in [-0.15, -0.1) is 0 Å². The van der Waals surface area contributed by atoms with E-state index in [1.54, 1.807) is 36.4 Å². The Morgan fingerprint density at radius 3 is 1.97 bits per heavy atom. The van der Waals surface area contributed by atoms with E-state index < -0.39 is 41.4 Å². The van der Waals surface area contributed by atoms with E-state index in [0.717, 1.165) is 22.9 Å². The van der Waals surface area contributed by atoms with Gasteiger partial charge in [-0.3, -0.25) is 19.2 Å². The fraction of sp³-hybridized carbons (Fsp3) is 0.360. The first-order valence-corrected chi connectivity index (χ1v) is 11.4. The summed E-state index contributed by atoms with van der Waals surface area (Å²) in [7, 11) is 1.52. The van der Waals surface area contributed by atoms with E-state index in [4.69, 9.17) is 16.3 Å². The molecular formula is C25H25ClN2O5. The number of benzene rings is 2. The van der Waals surface area contributed by atoms with Crippen LogP contribution in [0.2, 0.25) is 5.02 Å². The highest BCUT2D eigenvalue weighted by Crippen LogP contribution is 2.39. The van der Waals surface area contributed by atoms with Crippen molar-refractivity contribution in [2.45, 2.75) is 38.6 Å². The molecule has 0 aromatic heterocycles. The monoisotopic (exact) mass is 468 g/mol. The summed E-state index contributed by atoms with van der Waals surface area (Å²) in [6.45, 7) is 1.53. The van der Waals surface area contributed by atoms with Crippen LogP contribution in [0.15, 0.2) is 48.5 Å². The largest absolute Gasteiger partial charge is 0.497 e. The van der Waals surface area contributed by atoms with E-state index >= 15 is 0 Å². The molecule has 1 heterocycles. The SMILES string of the molecule is COc1ccc(C(=O)[C@H](C)N(C(=O)c2ccc(Cl)cc2)N2C(=O)[C@@H]3CCCC[C@H]3C2=O)cc1. The summed E-state index contributed by atoms with van der Waals surface area (Å²) in [5.41, 5.74) is 0.568. The lowest BCUT2D eigenvalue weighted by Crippen LogP contribution is -2.56. The van der Waals surface area contributed by atoms with Crippen LogP contribution < -0.4 is 4.74 Å². The molecule has 1 aliphatic heterocycles. The lowest BCUT2D eigenvalue weighted by Gasteiger charge is -2.34. The highest BCUT2D eigenvalue weighted by atomic mass is 35.5. The molecule has 2 aromatic rings. The van der Waals surface area contributed by atoms with Gasteiger partial charge in [0.2, 0.25) is 0 Å². The number of rotatable bonds is 6. The fourth-order valence-electron chi connectivity index (χ4n) is 4.63. The molecular weight excluding hydrogens is 444 g/mol. The van der Waals surface area contributed by atoms with Crippen LogP contribution in [0.3, 0.4) is 0 Å². The van der Waals surface area contributed by atoms with Crippen molar-refractivity contribution < 1.29 is 23.9 Å². The van der Waals surface area contributed by atoms with Crippen molar-refractivity contribution in [3.8, 4) is 5.75 Å². The Kier molecular flexibility index (Phi) is 6.51. The molecule has 1 saturated heterocycles. The number of hydrogen-bond acceptors (Lipinski definition) is 5. The maximum Gasteiger partial charge on any atom is 0.273 e. The first-order valence-electron chi connectivity index (χ1n) is 11.0. The van der Waals surface area contributed by atoms with Crippen molar-refractivity contribution in [1.82, 2.24) is 10.0 Å². The molecule has 0 bridgehead atoms. The van der Waals surface area contributed by atoms with Crippen molar-refractivity contribution in [1.29, 1.82) is 0 Å². The van der Waals surface area contributed by atoms with Crippen molar-refractivity contribution in [2.75, 3.05) is 7.11 Å². The van der Waals surface area contributed by atoms with E-state index in [0.29, 0.717) is 29.2 Å². The summed E-state index contributed by atoms with van der Waals surface area (Å²) < 4.78 is 5.14. The molecule has 4 rings (SSSR count). The van der Waals surface area contributed by atoms with Crippen LogP contribution in [0, 0.1) is 11.8 Å². The zero-order valence-corrected chi connectivity index (χ0v) is 19.2. The topological polar surface area (TPSA) is 84.0 Å². The molecule has 1 aliphatic carbocycles. The summed E-state index contributed by atoms with van der Waals surface area (Å²) in [4.78, 5) is 53.5. The molecule has 0 unspecified atom stereocenters. The number of methoxy groups -OCH3 is 1. The Bertz CT molecular complexity index is 1060. The summed E-state index contributed by atoms with van der Waals surface area (Å²) in [6, 6.07) is 11.5. The van der Waals surface area contributed by atoms with E-state index in [-0.39, 0.29) is 5.56 Å². The molecule has 172 valence electrons. The standard InChI is InChI=1S/C25H25ClN2O5/c1-15(22(29)16-9-13-19(33-2)14-10-16)27(23(30)17-7-11-18(26)12-8-17)28-24(31)20-5-3-4-6-21(20)25(28)32/h7-15,20-21H,3-6H2,1-2H3/t15-,20+,21+/m0/s1. The Morgan fingerprint density at radius 2 is 1.45 bits per heavy atom. The first kappa shape index (κ1) is 23.0. The number of nitrogens with zero attached hydrogens (tertiary/aromatic N) is 2. The van der Waals surface area contributed by atoms with Gasteiger partial charge in [0.15, 0.2) is 5.78 Å². The minimum atomic E-state index is -1.09. The summed E-state index contributed by atoms with van der Waals surface area (Å²) >= 11 is 5.96. The molecule has 7 nitrogen and oxygen atoms in total. The Morgan fingerprint density at radius 1 is 0.939 bits per heavy atom. The van der Waals surface area contributed by atoms with Crippen LogP contribution in [0.5, 0.6) is 5.75 Å². The van der Waals surface area contributed by atoms with E-state index in [9.17, 15) is 19.2 Å². The molecule has 2 aromatic carbocycles. The van der Waals surface area contributed by atoms with Gasteiger partial charge in [0.1, 0.15) is 11.8 Å². The molecule has 0 N–H and O–H groups in total. The molecule has 1 saturated carbocycles. The Labute approximate surface area is 197 Å². The summed E-state index contributed by atoms with van der Waals surface area (Å²) in [6.07, 6.45) is 2.93. The third-order valence-electron chi connectivity index (χ3n) is 6.45. The number of carbonyl (C=O) groups excluding carboxylic acids is 4. The second-order valence-corrected chi connectivity index (χ2v) is 8.85. The van der Waals surface area contributed by atoms with Crippen LogP contribution in [0.4, 0.5) is 0 Å². The predicted octanol–water partition coefficient (Wildman–Crippen LogP) is 4.15. The second-order valence-electron chi connectivity index (χ2n) is 8.41. The molecule has 0 radical (unpaired) electrons. The first-order chi connectivity index (χ1) is 15.8.